The third kappa shape index (κ3) is 5.96. The second kappa shape index (κ2) is 8.11. The van der Waals surface area contributed by atoms with Gasteiger partial charge in [-0.05, 0) is 20.8 Å². The number of carbonyl (C=O) groups is 2. The summed E-state index contributed by atoms with van der Waals surface area (Å²) in [5, 5.41) is -5.02. The molecular formula is C16H17F5O6S. The highest BCUT2D eigenvalue weighted by Crippen LogP contribution is 2.33. The molecule has 0 saturated carbocycles. The van der Waals surface area contributed by atoms with E-state index in [0.29, 0.717) is 0 Å². The van der Waals surface area contributed by atoms with Gasteiger partial charge in [0.25, 0.3) is 0 Å². The lowest BCUT2D eigenvalue weighted by Crippen LogP contribution is -2.46. The third-order valence-electron chi connectivity index (χ3n) is 3.17. The Balaban J connectivity index is 3.09. The lowest BCUT2D eigenvalue weighted by Gasteiger charge is -2.24. The number of rotatable bonds is 7. The molecule has 158 valence electrons. The first-order valence-electron chi connectivity index (χ1n) is 7.63. The molecule has 1 aromatic rings. The van der Waals surface area contributed by atoms with Gasteiger partial charge in [0.05, 0.1) is 5.41 Å². The van der Waals surface area contributed by atoms with Crippen LogP contribution in [0.2, 0.25) is 0 Å². The van der Waals surface area contributed by atoms with Gasteiger partial charge in [0.2, 0.25) is 11.9 Å². The van der Waals surface area contributed by atoms with Gasteiger partial charge in [0.15, 0.2) is 6.61 Å². The number of hydrogen-bond acceptors (Lipinski definition) is 6. The first-order chi connectivity index (χ1) is 12.5. The molecule has 0 aliphatic carbocycles. The first-order valence-corrected chi connectivity index (χ1v) is 9.04. The van der Waals surface area contributed by atoms with E-state index in [1.807, 2.05) is 0 Å². The fourth-order valence-electron chi connectivity index (χ4n) is 1.64. The summed E-state index contributed by atoms with van der Waals surface area (Å²) in [5.74, 6) is -3.09. The molecule has 0 heterocycles. The summed E-state index contributed by atoms with van der Waals surface area (Å²) in [6, 6.07) is 5.61. The fourth-order valence-corrected chi connectivity index (χ4v) is 2.43. The molecule has 0 bridgehead atoms. The molecule has 0 aliphatic heterocycles. The van der Waals surface area contributed by atoms with Gasteiger partial charge >= 0.3 is 27.5 Å². The van der Waals surface area contributed by atoms with Crippen LogP contribution in [0.1, 0.15) is 31.1 Å². The molecular weight excluding hydrogens is 415 g/mol. The van der Waals surface area contributed by atoms with Crippen molar-refractivity contribution >= 4 is 21.9 Å². The van der Waals surface area contributed by atoms with E-state index in [1.165, 1.54) is 39.0 Å². The van der Waals surface area contributed by atoms with Crippen LogP contribution in [-0.4, -0.2) is 44.3 Å². The molecule has 0 amide bonds. The number of halogens is 5. The van der Waals surface area contributed by atoms with E-state index in [-0.39, 0.29) is 0 Å². The molecule has 1 unspecified atom stereocenters. The van der Waals surface area contributed by atoms with Crippen molar-refractivity contribution in [2.75, 3.05) is 6.61 Å². The summed E-state index contributed by atoms with van der Waals surface area (Å²) in [5.41, 5.74) is -1.86. The minimum Gasteiger partial charge on any atom is -0.458 e. The Hall–Kier alpha value is -2.08. The second-order valence-electron chi connectivity index (χ2n) is 6.67. The van der Waals surface area contributed by atoms with E-state index in [2.05, 4.69) is 8.92 Å². The number of esters is 1. The molecule has 1 rings (SSSR count). The van der Waals surface area contributed by atoms with E-state index in [0.717, 1.165) is 12.1 Å². The largest absolute Gasteiger partial charge is 0.458 e. The molecule has 1 aromatic carbocycles. The molecule has 0 N–H and O–H groups in total. The number of alkyl halides is 5. The Morgan fingerprint density at radius 1 is 1.00 bits per heavy atom. The van der Waals surface area contributed by atoms with E-state index < -0.39 is 57.0 Å². The smallest absolute Gasteiger partial charge is 0.423 e. The quantitative estimate of drug-likeness (QED) is 0.284. The highest BCUT2D eigenvalue weighted by molar-refractivity contribution is 7.87. The molecule has 0 spiro atoms. The predicted molar refractivity (Wildman–Crippen MR) is 86.0 cm³/mol. The van der Waals surface area contributed by atoms with Crippen LogP contribution in [0.4, 0.5) is 22.0 Å². The van der Waals surface area contributed by atoms with Crippen molar-refractivity contribution in [3.05, 3.63) is 35.9 Å². The maximum atomic E-state index is 13.9. The Labute approximate surface area is 157 Å². The second-order valence-corrected chi connectivity index (χ2v) is 8.36. The number of Topliss-reactive ketones (excluding diaryl/α,β-unsaturated/α-hetero) is 1. The van der Waals surface area contributed by atoms with Crippen molar-refractivity contribution in [3.8, 4) is 0 Å². The summed E-state index contributed by atoms with van der Waals surface area (Å²) in [6.45, 7) is 1.79. The van der Waals surface area contributed by atoms with Crippen LogP contribution >= 0.6 is 0 Å². The minimum absolute atomic E-state index is 0.595. The first kappa shape index (κ1) is 24.0. The monoisotopic (exact) mass is 432 g/mol. The molecule has 0 fully saturated rings. The van der Waals surface area contributed by atoms with Crippen molar-refractivity contribution < 1.29 is 48.9 Å². The zero-order valence-corrected chi connectivity index (χ0v) is 15.7. The van der Waals surface area contributed by atoms with Crippen molar-refractivity contribution in [2.24, 2.45) is 5.41 Å². The number of ether oxygens (including phenoxy) is 1. The number of benzene rings is 1. The molecule has 0 saturated heterocycles. The fraction of sp³-hybridized carbons (Fsp3) is 0.500. The van der Waals surface area contributed by atoms with Crippen LogP contribution in [0.25, 0.3) is 0 Å². The van der Waals surface area contributed by atoms with Gasteiger partial charge in [0.1, 0.15) is 0 Å². The lowest BCUT2D eigenvalue weighted by molar-refractivity contribution is -0.181. The molecule has 0 radical (unpaired) electrons. The molecule has 12 heteroatoms. The van der Waals surface area contributed by atoms with Crippen LogP contribution in [0, 0.1) is 5.41 Å². The van der Waals surface area contributed by atoms with Crippen LogP contribution in [0.5, 0.6) is 0 Å². The van der Waals surface area contributed by atoms with Gasteiger partial charge in [-0.25, -0.2) is 4.18 Å². The number of hydrogen-bond donors (Lipinski definition) is 0. The Morgan fingerprint density at radius 2 is 1.50 bits per heavy atom. The molecule has 0 aliphatic rings. The third-order valence-corrected chi connectivity index (χ3v) is 4.46. The topological polar surface area (TPSA) is 86.7 Å². The number of ketones is 1. The Bertz CT molecular complexity index is 812. The molecule has 6 nitrogen and oxygen atoms in total. The highest BCUT2D eigenvalue weighted by Gasteiger charge is 2.56. The lowest BCUT2D eigenvalue weighted by atomic mass is 9.97. The molecule has 0 aromatic heterocycles. The van der Waals surface area contributed by atoms with Gasteiger partial charge in [-0.1, -0.05) is 30.3 Å². The zero-order valence-electron chi connectivity index (χ0n) is 14.9. The Morgan fingerprint density at radius 3 is 1.93 bits per heavy atom. The SMILES string of the molecule is CC(C)(C)C(=O)OCC(F)(F)S(=O)(=O)OC(C(=O)c1ccccc1)C(F)(F)F. The van der Waals surface area contributed by atoms with Crippen LogP contribution < -0.4 is 0 Å². The molecule has 1 atom stereocenters. The highest BCUT2D eigenvalue weighted by atomic mass is 32.2. The minimum atomic E-state index is -6.29. The van der Waals surface area contributed by atoms with Gasteiger partial charge in [-0.2, -0.15) is 30.4 Å². The predicted octanol–water partition coefficient (Wildman–Crippen LogP) is 3.33. The Kier molecular flexibility index (Phi) is 6.94. The summed E-state index contributed by atoms with van der Waals surface area (Å²) < 4.78 is 98.2. The van der Waals surface area contributed by atoms with Crippen LogP contribution in [0.15, 0.2) is 30.3 Å². The van der Waals surface area contributed by atoms with Gasteiger partial charge in [-0.3, -0.25) is 9.59 Å². The summed E-state index contributed by atoms with van der Waals surface area (Å²) in [7, 11) is -6.29. The van der Waals surface area contributed by atoms with Gasteiger partial charge in [-0.15, -0.1) is 0 Å². The van der Waals surface area contributed by atoms with Crippen molar-refractivity contribution in [2.45, 2.75) is 38.3 Å². The standard InChI is InChI=1S/C16H17F5O6S/c1-14(2,3)13(23)26-9-15(17,18)28(24,25)27-12(16(19,20)21)11(22)10-7-5-4-6-8-10/h4-8,12H,9H2,1-3H3. The van der Waals surface area contributed by atoms with Crippen molar-refractivity contribution in [1.29, 1.82) is 0 Å². The van der Waals surface area contributed by atoms with E-state index >= 15 is 0 Å². The average molecular weight is 432 g/mol. The van der Waals surface area contributed by atoms with Crippen molar-refractivity contribution in [3.63, 3.8) is 0 Å². The molecule has 28 heavy (non-hydrogen) atoms. The zero-order chi connectivity index (χ0) is 22.0. The van der Waals surface area contributed by atoms with E-state index in [9.17, 15) is 40.0 Å². The maximum Gasteiger partial charge on any atom is 0.423 e. The van der Waals surface area contributed by atoms with E-state index in [4.69, 9.17) is 0 Å². The van der Waals surface area contributed by atoms with E-state index in [1.54, 1.807) is 0 Å². The van der Waals surface area contributed by atoms with Crippen LogP contribution in [0.3, 0.4) is 0 Å². The maximum absolute atomic E-state index is 13.9. The van der Waals surface area contributed by atoms with Crippen molar-refractivity contribution in [1.82, 2.24) is 0 Å². The summed E-state index contributed by atoms with van der Waals surface area (Å²) in [4.78, 5) is 23.4. The summed E-state index contributed by atoms with van der Waals surface area (Å²) >= 11 is 0. The van der Waals surface area contributed by atoms with Gasteiger partial charge < -0.3 is 4.74 Å². The normalized spacial score (nSPS) is 14.4. The summed E-state index contributed by atoms with van der Waals surface area (Å²) in [6.07, 6.45) is -9.29. The van der Waals surface area contributed by atoms with Crippen LogP contribution in [-0.2, 0) is 23.8 Å². The number of carbonyl (C=O) groups excluding carboxylic acids is 2. The van der Waals surface area contributed by atoms with Gasteiger partial charge in [0, 0.05) is 5.56 Å². The average Bonchev–Trinajstić information content (AvgIpc) is 2.55.